The molecule has 1 saturated carbocycles. The summed E-state index contributed by atoms with van der Waals surface area (Å²) in [4.78, 5) is 28.2. The summed E-state index contributed by atoms with van der Waals surface area (Å²) in [6, 6.07) is 15.2. The third-order valence-corrected chi connectivity index (χ3v) is 9.66. The molecule has 3 aromatic rings. The molecule has 4 rings (SSSR count). The van der Waals surface area contributed by atoms with Crippen LogP contribution in [0.2, 0.25) is 10.0 Å². The van der Waals surface area contributed by atoms with E-state index in [2.05, 4.69) is 5.32 Å². The third kappa shape index (κ3) is 8.01. The van der Waals surface area contributed by atoms with Crippen LogP contribution < -0.4 is 9.62 Å². The van der Waals surface area contributed by atoms with Gasteiger partial charge >= 0.3 is 6.18 Å². The number of amides is 2. The molecule has 0 saturated heterocycles. The minimum absolute atomic E-state index is 0.0350. The van der Waals surface area contributed by atoms with Crippen LogP contribution in [0.5, 0.6) is 0 Å². The van der Waals surface area contributed by atoms with Crippen LogP contribution >= 0.6 is 23.2 Å². The van der Waals surface area contributed by atoms with E-state index in [-0.39, 0.29) is 17.5 Å². The molecule has 43 heavy (non-hydrogen) atoms. The van der Waals surface area contributed by atoms with E-state index in [1.807, 2.05) is 0 Å². The zero-order valence-corrected chi connectivity index (χ0v) is 25.5. The van der Waals surface area contributed by atoms with Crippen molar-refractivity contribution in [1.29, 1.82) is 0 Å². The Morgan fingerprint density at radius 2 is 1.60 bits per heavy atom. The number of nitrogens with one attached hydrogen (secondary N) is 1. The lowest BCUT2D eigenvalue weighted by Crippen LogP contribution is -2.52. The van der Waals surface area contributed by atoms with Crippen molar-refractivity contribution in [2.24, 2.45) is 0 Å². The maximum atomic E-state index is 14.0. The van der Waals surface area contributed by atoms with Crippen molar-refractivity contribution in [2.45, 2.75) is 62.3 Å². The number of hydrogen-bond acceptors (Lipinski definition) is 4. The molecule has 0 bridgehead atoms. The highest BCUT2D eigenvalue weighted by atomic mass is 35.5. The third-order valence-electron chi connectivity index (χ3n) is 7.29. The van der Waals surface area contributed by atoms with Crippen LogP contribution in [0.4, 0.5) is 18.9 Å². The highest BCUT2D eigenvalue weighted by Gasteiger charge is 2.37. The average Bonchev–Trinajstić information content (AvgIpc) is 3.48. The number of rotatable bonds is 10. The molecule has 0 radical (unpaired) electrons. The Kier molecular flexibility index (Phi) is 10.3. The van der Waals surface area contributed by atoms with E-state index in [1.54, 1.807) is 30.3 Å². The number of hydrogen-bond donors (Lipinski definition) is 1. The lowest BCUT2D eigenvalue weighted by Gasteiger charge is -2.32. The van der Waals surface area contributed by atoms with Crippen LogP contribution in [0.1, 0.15) is 43.7 Å². The molecule has 2 amide bonds. The second kappa shape index (κ2) is 13.6. The molecule has 1 atom stereocenters. The highest BCUT2D eigenvalue weighted by molar-refractivity contribution is 7.92. The van der Waals surface area contributed by atoms with E-state index in [0.29, 0.717) is 21.0 Å². The SMILES string of the molecule is CC(C(=O)NC1CCCC1)N(Cc1ccc(Cl)cc1)C(=O)CN(c1ccc(Cl)c(C(F)(F)F)c1)S(=O)(=O)c1ccccc1. The van der Waals surface area contributed by atoms with Crippen molar-refractivity contribution in [3.8, 4) is 0 Å². The summed E-state index contributed by atoms with van der Waals surface area (Å²) in [7, 11) is -4.54. The molecule has 0 aromatic heterocycles. The van der Waals surface area contributed by atoms with Gasteiger partial charge in [0.15, 0.2) is 0 Å². The summed E-state index contributed by atoms with van der Waals surface area (Å²) in [6.07, 6.45) is -1.32. The van der Waals surface area contributed by atoms with Gasteiger partial charge in [0.25, 0.3) is 10.0 Å². The molecule has 13 heteroatoms. The van der Waals surface area contributed by atoms with E-state index in [4.69, 9.17) is 23.2 Å². The molecule has 1 unspecified atom stereocenters. The maximum absolute atomic E-state index is 14.0. The molecule has 3 aromatic carbocycles. The molecule has 1 aliphatic rings. The summed E-state index contributed by atoms with van der Waals surface area (Å²) >= 11 is 11.8. The molecule has 1 fully saturated rings. The fourth-order valence-electron chi connectivity index (χ4n) is 4.90. The topological polar surface area (TPSA) is 86.8 Å². The van der Waals surface area contributed by atoms with E-state index in [0.717, 1.165) is 37.8 Å². The van der Waals surface area contributed by atoms with Crippen molar-refractivity contribution < 1.29 is 31.2 Å². The monoisotopic (exact) mass is 655 g/mol. The van der Waals surface area contributed by atoms with Crippen LogP contribution in [0.25, 0.3) is 0 Å². The zero-order chi connectivity index (χ0) is 31.4. The molecular formula is C30H30Cl2F3N3O4S. The Hall–Kier alpha value is -3.28. The van der Waals surface area contributed by atoms with Gasteiger partial charge in [0.2, 0.25) is 11.8 Å². The number of nitrogens with zero attached hydrogens (tertiary/aromatic N) is 2. The minimum Gasteiger partial charge on any atom is -0.352 e. The first kappa shape index (κ1) is 32.6. The van der Waals surface area contributed by atoms with Crippen molar-refractivity contribution in [3.63, 3.8) is 0 Å². The predicted octanol–water partition coefficient (Wildman–Crippen LogP) is 6.68. The summed E-state index contributed by atoms with van der Waals surface area (Å²) < 4.78 is 69.5. The lowest BCUT2D eigenvalue weighted by molar-refractivity contribution is -0.139. The molecule has 1 N–H and O–H groups in total. The number of anilines is 1. The first-order chi connectivity index (χ1) is 20.3. The molecular weight excluding hydrogens is 626 g/mol. The lowest BCUT2D eigenvalue weighted by atomic mass is 10.1. The Bertz CT molecular complexity index is 1550. The van der Waals surface area contributed by atoms with Crippen LogP contribution in [-0.4, -0.2) is 43.8 Å². The summed E-state index contributed by atoms with van der Waals surface area (Å²) in [6.45, 7) is 0.561. The van der Waals surface area contributed by atoms with E-state index in [9.17, 15) is 31.2 Å². The fourth-order valence-corrected chi connectivity index (χ4v) is 6.67. The molecule has 230 valence electrons. The first-order valence-corrected chi connectivity index (χ1v) is 15.8. The Balaban J connectivity index is 1.74. The molecule has 0 heterocycles. The highest BCUT2D eigenvalue weighted by Crippen LogP contribution is 2.38. The van der Waals surface area contributed by atoms with Crippen molar-refractivity contribution in [1.82, 2.24) is 10.2 Å². The maximum Gasteiger partial charge on any atom is 0.417 e. The Labute approximate surface area is 258 Å². The second-order valence-electron chi connectivity index (χ2n) is 10.3. The standard InChI is InChI=1S/C30H30Cl2F3N3O4S/c1-20(29(40)36-23-7-5-6-8-23)37(18-21-11-13-22(31)14-12-21)28(39)19-38(43(41,42)25-9-3-2-4-10-25)24-15-16-27(32)26(17-24)30(33,34)35/h2-4,9-17,20,23H,5-8,18-19H2,1H3,(H,36,40). The van der Waals surface area contributed by atoms with Crippen LogP contribution in [0.15, 0.2) is 77.7 Å². The minimum atomic E-state index is -4.88. The van der Waals surface area contributed by atoms with Gasteiger partial charge < -0.3 is 10.2 Å². The predicted molar refractivity (Wildman–Crippen MR) is 159 cm³/mol. The van der Waals surface area contributed by atoms with Crippen LogP contribution in [0.3, 0.4) is 0 Å². The van der Waals surface area contributed by atoms with Gasteiger partial charge in [-0.05, 0) is 67.8 Å². The van der Waals surface area contributed by atoms with Gasteiger partial charge in [-0.25, -0.2) is 8.42 Å². The van der Waals surface area contributed by atoms with Gasteiger partial charge in [-0.2, -0.15) is 13.2 Å². The van der Waals surface area contributed by atoms with Crippen LogP contribution in [-0.2, 0) is 32.3 Å². The van der Waals surface area contributed by atoms with Gasteiger partial charge in [-0.15, -0.1) is 0 Å². The van der Waals surface area contributed by atoms with Crippen molar-refractivity contribution in [2.75, 3.05) is 10.8 Å². The van der Waals surface area contributed by atoms with Gasteiger partial charge in [0.1, 0.15) is 12.6 Å². The van der Waals surface area contributed by atoms with E-state index < -0.39 is 56.9 Å². The normalized spacial score (nSPS) is 14.7. The fraction of sp³-hybridized carbons (Fsp3) is 0.333. The number of alkyl halides is 3. The van der Waals surface area contributed by atoms with Crippen LogP contribution in [0, 0.1) is 0 Å². The number of halogens is 5. The largest absolute Gasteiger partial charge is 0.417 e. The van der Waals surface area contributed by atoms with Gasteiger partial charge in [-0.1, -0.05) is 66.4 Å². The quantitative estimate of drug-likeness (QED) is 0.264. The molecule has 1 aliphatic carbocycles. The zero-order valence-electron chi connectivity index (χ0n) is 23.2. The molecule has 0 spiro atoms. The number of sulfonamides is 1. The summed E-state index contributed by atoms with van der Waals surface area (Å²) in [5.41, 5.74) is -1.06. The number of carbonyl (C=O) groups is 2. The van der Waals surface area contributed by atoms with E-state index in [1.165, 1.54) is 36.1 Å². The average molecular weight is 657 g/mol. The van der Waals surface area contributed by atoms with Crippen molar-refractivity contribution >= 4 is 50.7 Å². The number of carbonyl (C=O) groups excluding carboxylic acids is 2. The first-order valence-electron chi connectivity index (χ1n) is 13.6. The second-order valence-corrected chi connectivity index (χ2v) is 13.0. The van der Waals surface area contributed by atoms with Gasteiger partial charge in [0.05, 0.1) is 21.2 Å². The summed E-state index contributed by atoms with van der Waals surface area (Å²) in [5, 5.41) is 2.79. The molecule has 0 aliphatic heterocycles. The van der Waals surface area contributed by atoms with Gasteiger partial charge in [-0.3, -0.25) is 13.9 Å². The van der Waals surface area contributed by atoms with Crippen molar-refractivity contribution in [3.05, 3.63) is 94.0 Å². The Morgan fingerprint density at radius 1 is 0.977 bits per heavy atom. The summed E-state index contributed by atoms with van der Waals surface area (Å²) in [5.74, 6) is -1.22. The molecule has 7 nitrogen and oxygen atoms in total. The van der Waals surface area contributed by atoms with E-state index >= 15 is 0 Å². The van der Waals surface area contributed by atoms with Gasteiger partial charge in [0, 0.05) is 17.6 Å². The smallest absolute Gasteiger partial charge is 0.352 e. The Morgan fingerprint density at radius 3 is 2.21 bits per heavy atom. The number of benzene rings is 3.